The van der Waals surface area contributed by atoms with Crippen molar-refractivity contribution in [2.75, 3.05) is 0 Å². The predicted octanol–water partition coefficient (Wildman–Crippen LogP) is 5.49. The van der Waals surface area contributed by atoms with Crippen LogP contribution in [0.4, 0.5) is 17.6 Å². The van der Waals surface area contributed by atoms with Gasteiger partial charge in [-0.25, -0.2) is 4.39 Å². The highest BCUT2D eigenvalue weighted by atomic mass is 32.2. The van der Waals surface area contributed by atoms with E-state index in [1.807, 2.05) is 0 Å². The van der Waals surface area contributed by atoms with E-state index in [0.717, 1.165) is 12.1 Å². The van der Waals surface area contributed by atoms with E-state index in [4.69, 9.17) is 4.74 Å². The summed E-state index contributed by atoms with van der Waals surface area (Å²) in [5.74, 6) is 0.561. The van der Waals surface area contributed by atoms with Crippen LogP contribution in [0, 0.1) is 5.82 Å². The summed E-state index contributed by atoms with van der Waals surface area (Å²) in [6.07, 6.45) is -2.80. The highest BCUT2D eigenvalue weighted by molar-refractivity contribution is 7.98. The molecule has 0 bridgehead atoms. The van der Waals surface area contributed by atoms with Gasteiger partial charge in [0, 0.05) is 12.3 Å². The summed E-state index contributed by atoms with van der Waals surface area (Å²) < 4.78 is 59.5. The van der Waals surface area contributed by atoms with Crippen LogP contribution in [0.5, 0.6) is 5.75 Å². The largest absolute Gasteiger partial charge is 0.486 e. The number of hydrogen-bond acceptors (Lipinski definition) is 4. The Morgan fingerprint density at radius 3 is 2.62 bits per heavy atom. The molecule has 0 saturated carbocycles. The first kappa shape index (κ1) is 20.9. The maximum Gasteiger partial charge on any atom is 0.416 e. The molecule has 1 aromatic heterocycles. The zero-order valence-corrected chi connectivity index (χ0v) is 16.0. The van der Waals surface area contributed by atoms with Gasteiger partial charge in [0.2, 0.25) is 0 Å². The highest BCUT2D eigenvalue weighted by Crippen LogP contribution is 2.31. The van der Waals surface area contributed by atoms with Gasteiger partial charge < -0.3 is 4.74 Å². The Morgan fingerprint density at radius 1 is 1.10 bits per heavy atom. The normalized spacial score (nSPS) is 11.4. The number of hydrogen-bond donors (Lipinski definition) is 0. The highest BCUT2D eigenvalue weighted by Gasteiger charge is 2.30. The Labute approximate surface area is 169 Å². The average molecular weight is 423 g/mol. The fraction of sp³-hybridized carbons (Fsp3) is 0.200. The van der Waals surface area contributed by atoms with E-state index in [9.17, 15) is 17.6 Å². The third-order valence-electron chi connectivity index (χ3n) is 3.95. The minimum absolute atomic E-state index is 0.0671. The van der Waals surface area contributed by atoms with Gasteiger partial charge in [0.25, 0.3) is 0 Å². The summed E-state index contributed by atoms with van der Waals surface area (Å²) in [7, 11) is 0. The zero-order chi connectivity index (χ0) is 20.9. The van der Waals surface area contributed by atoms with Gasteiger partial charge >= 0.3 is 6.18 Å². The Bertz CT molecular complexity index is 988. The van der Waals surface area contributed by atoms with Crippen molar-refractivity contribution in [3.8, 4) is 5.75 Å². The standard InChI is InChI=1S/C20H17F4N3OS/c1-2-10-27-18(12-28-16-8-5-7-15(11-16)20(22,23)24)25-26-19(27)29-13-14-6-3-4-9-17(14)21/h2-9,11H,1,10,12-13H2. The van der Waals surface area contributed by atoms with Gasteiger partial charge in [0.05, 0.1) is 5.56 Å². The number of alkyl halides is 3. The lowest BCUT2D eigenvalue weighted by Crippen LogP contribution is -2.08. The Kier molecular flexibility index (Phi) is 6.58. The molecule has 0 saturated heterocycles. The molecule has 152 valence electrons. The van der Waals surface area contributed by atoms with E-state index in [1.165, 1.54) is 30.0 Å². The summed E-state index contributed by atoms with van der Waals surface area (Å²) in [5, 5.41) is 8.69. The van der Waals surface area contributed by atoms with E-state index in [1.54, 1.807) is 28.8 Å². The molecule has 29 heavy (non-hydrogen) atoms. The molecule has 0 unspecified atom stereocenters. The lowest BCUT2D eigenvalue weighted by molar-refractivity contribution is -0.137. The number of halogens is 4. The molecule has 3 aromatic rings. The molecule has 2 aromatic carbocycles. The van der Waals surface area contributed by atoms with Gasteiger partial charge in [-0.05, 0) is 29.8 Å². The third kappa shape index (κ3) is 5.38. The van der Waals surface area contributed by atoms with Gasteiger partial charge in [-0.2, -0.15) is 13.2 Å². The van der Waals surface area contributed by atoms with Crippen molar-refractivity contribution < 1.29 is 22.3 Å². The predicted molar refractivity (Wildman–Crippen MR) is 102 cm³/mol. The van der Waals surface area contributed by atoms with Crippen LogP contribution in [-0.4, -0.2) is 14.8 Å². The lowest BCUT2D eigenvalue weighted by atomic mass is 10.2. The van der Waals surface area contributed by atoms with E-state index < -0.39 is 11.7 Å². The van der Waals surface area contributed by atoms with Crippen molar-refractivity contribution in [1.82, 2.24) is 14.8 Å². The van der Waals surface area contributed by atoms with E-state index >= 15 is 0 Å². The molecular formula is C20H17F4N3OS. The molecule has 0 radical (unpaired) electrons. The minimum atomic E-state index is -4.45. The summed E-state index contributed by atoms with van der Waals surface area (Å²) in [6.45, 7) is 4.01. The molecule has 0 spiro atoms. The number of rotatable bonds is 8. The van der Waals surface area contributed by atoms with E-state index in [0.29, 0.717) is 28.8 Å². The van der Waals surface area contributed by atoms with Gasteiger partial charge in [0.1, 0.15) is 18.2 Å². The van der Waals surface area contributed by atoms with Crippen molar-refractivity contribution in [3.63, 3.8) is 0 Å². The van der Waals surface area contributed by atoms with Crippen molar-refractivity contribution >= 4 is 11.8 Å². The second-order valence-electron chi connectivity index (χ2n) is 5.99. The monoisotopic (exact) mass is 423 g/mol. The summed E-state index contributed by atoms with van der Waals surface area (Å²) in [4.78, 5) is 0. The molecule has 0 atom stereocenters. The summed E-state index contributed by atoms with van der Waals surface area (Å²) in [6, 6.07) is 11.1. The number of allylic oxidation sites excluding steroid dienone is 1. The molecule has 0 aliphatic rings. The van der Waals surface area contributed by atoms with Crippen LogP contribution in [-0.2, 0) is 25.1 Å². The summed E-state index contributed by atoms with van der Waals surface area (Å²) in [5.41, 5.74) is -0.254. The zero-order valence-electron chi connectivity index (χ0n) is 15.2. The molecular weight excluding hydrogens is 406 g/mol. The molecule has 0 fully saturated rings. The minimum Gasteiger partial charge on any atom is -0.486 e. The molecule has 9 heteroatoms. The second kappa shape index (κ2) is 9.13. The number of ether oxygens (including phenoxy) is 1. The second-order valence-corrected chi connectivity index (χ2v) is 6.93. The van der Waals surface area contributed by atoms with Crippen molar-refractivity contribution in [1.29, 1.82) is 0 Å². The molecule has 3 rings (SSSR count). The number of aromatic nitrogens is 3. The van der Waals surface area contributed by atoms with Crippen LogP contribution in [0.25, 0.3) is 0 Å². The number of benzene rings is 2. The van der Waals surface area contributed by atoms with E-state index in [-0.39, 0.29) is 18.2 Å². The van der Waals surface area contributed by atoms with E-state index in [2.05, 4.69) is 16.8 Å². The van der Waals surface area contributed by atoms with Crippen LogP contribution >= 0.6 is 11.8 Å². The van der Waals surface area contributed by atoms with Gasteiger partial charge in [-0.1, -0.05) is 42.1 Å². The first-order chi connectivity index (χ1) is 13.9. The maximum atomic E-state index is 13.8. The van der Waals surface area contributed by atoms with Gasteiger partial charge in [-0.3, -0.25) is 4.57 Å². The van der Waals surface area contributed by atoms with Crippen molar-refractivity contribution in [3.05, 3.63) is 84.0 Å². The molecule has 0 aliphatic heterocycles. The van der Waals surface area contributed by atoms with Crippen LogP contribution in [0.2, 0.25) is 0 Å². The maximum absolute atomic E-state index is 13.8. The van der Waals surface area contributed by atoms with Crippen molar-refractivity contribution in [2.45, 2.75) is 30.2 Å². The molecule has 4 nitrogen and oxygen atoms in total. The van der Waals surface area contributed by atoms with Crippen LogP contribution in [0.1, 0.15) is 17.0 Å². The van der Waals surface area contributed by atoms with Gasteiger partial charge in [-0.15, -0.1) is 16.8 Å². The SMILES string of the molecule is C=CCn1c(COc2cccc(C(F)(F)F)c2)nnc1SCc1ccccc1F. The van der Waals surface area contributed by atoms with Crippen LogP contribution in [0.3, 0.4) is 0 Å². The number of thioether (sulfide) groups is 1. The first-order valence-electron chi connectivity index (χ1n) is 8.57. The first-order valence-corrected chi connectivity index (χ1v) is 9.56. The lowest BCUT2D eigenvalue weighted by Gasteiger charge is -2.11. The quantitative estimate of drug-likeness (QED) is 0.273. The third-order valence-corrected chi connectivity index (χ3v) is 4.96. The molecule has 0 aliphatic carbocycles. The molecule has 1 heterocycles. The summed E-state index contributed by atoms with van der Waals surface area (Å²) >= 11 is 1.30. The van der Waals surface area contributed by atoms with Crippen LogP contribution < -0.4 is 4.74 Å². The topological polar surface area (TPSA) is 39.9 Å². The van der Waals surface area contributed by atoms with Crippen molar-refractivity contribution in [2.24, 2.45) is 0 Å². The number of nitrogens with zero attached hydrogens (tertiary/aromatic N) is 3. The van der Waals surface area contributed by atoms with Gasteiger partial charge in [0.15, 0.2) is 11.0 Å². The molecule has 0 N–H and O–H groups in total. The Balaban J connectivity index is 1.72. The Hall–Kier alpha value is -2.81. The molecule has 0 amide bonds. The Morgan fingerprint density at radius 2 is 1.90 bits per heavy atom. The fourth-order valence-corrected chi connectivity index (χ4v) is 3.47. The average Bonchev–Trinajstić information content (AvgIpc) is 3.07. The van der Waals surface area contributed by atoms with Crippen LogP contribution in [0.15, 0.2) is 66.3 Å². The smallest absolute Gasteiger partial charge is 0.416 e. The fourth-order valence-electron chi connectivity index (χ4n) is 2.51.